The van der Waals surface area contributed by atoms with Gasteiger partial charge in [-0.2, -0.15) is 0 Å². The molecule has 112 valence electrons. The van der Waals surface area contributed by atoms with Crippen molar-refractivity contribution in [1.29, 1.82) is 0 Å². The van der Waals surface area contributed by atoms with Crippen LogP contribution in [0.2, 0.25) is 0 Å². The van der Waals surface area contributed by atoms with E-state index in [1.165, 1.54) is 12.0 Å². The molecular weight excluding hydrogens is 250 g/mol. The van der Waals surface area contributed by atoms with Crippen LogP contribution in [0.1, 0.15) is 38.2 Å². The first kappa shape index (κ1) is 15.3. The molecule has 3 atom stereocenters. The van der Waals surface area contributed by atoms with E-state index in [2.05, 4.69) is 31.0 Å². The van der Waals surface area contributed by atoms with Crippen LogP contribution in [-0.2, 0) is 6.42 Å². The number of benzene rings is 1. The first-order valence-corrected chi connectivity index (χ1v) is 7.65. The summed E-state index contributed by atoms with van der Waals surface area (Å²) < 4.78 is 5.42. The first-order chi connectivity index (χ1) is 9.63. The lowest BCUT2D eigenvalue weighted by Gasteiger charge is -2.38. The molecule has 0 aromatic heterocycles. The lowest BCUT2D eigenvalue weighted by molar-refractivity contribution is 0.0159. The van der Waals surface area contributed by atoms with Crippen molar-refractivity contribution >= 4 is 0 Å². The zero-order valence-electron chi connectivity index (χ0n) is 12.9. The van der Waals surface area contributed by atoms with Gasteiger partial charge < -0.3 is 9.84 Å². The van der Waals surface area contributed by atoms with Gasteiger partial charge in [-0.25, -0.2) is 0 Å². The smallest absolute Gasteiger partial charge is 0.122 e. The number of nitrogens with zero attached hydrogens (tertiary/aromatic N) is 1. The van der Waals surface area contributed by atoms with E-state index in [0.29, 0.717) is 12.1 Å². The zero-order valence-corrected chi connectivity index (χ0v) is 12.9. The number of hydrogen-bond acceptors (Lipinski definition) is 3. The minimum absolute atomic E-state index is 0.172. The molecule has 2 rings (SSSR count). The van der Waals surface area contributed by atoms with Gasteiger partial charge in [0.25, 0.3) is 0 Å². The molecule has 0 saturated heterocycles. The molecule has 1 aliphatic rings. The molecule has 0 radical (unpaired) electrons. The van der Waals surface area contributed by atoms with Crippen molar-refractivity contribution in [3.8, 4) is 5.75 Å². The Hall–Kier alpha value is -1.06. The molecule has 0 heterocycles. The van der Waals surface area contributed by atoms with E-state index in [1.54, 1.807) is 7.11 Å². The number of likely N-dealkylation sites (N-methyl/N-ethyl adjacent to an activating group) is 1. The molecule has 0 bridgehead atoms. The highest BCUT2D eigenvalue weighted by molar-refractivity contribution is 5.33. The van der Waals surface area contributed by atoms with Crippen LogP contribution in [0.5, 0.6) is 5.75 Å². The molecule has 1 aromatic carbocycles. The van der Waals surface area contributed by atoms with Gasteiger partial charge in [-0.3, -0.25) is 4.90 Å². The Labute approximate surface area is 122 Å². The van der Waals surface area contributed by atoms with Crippen LogP contribution >= 0.6 is 0 Å². The summed E-state index contributed by atoms with van der Waals surface area (Å²) in [5.74, 6) is 0.956. The Morgan fingerprint density at radius 1 is 1.30 bits per heavy atom. The highest BCUT2D eigenvalue weighted by Crippen LogP contribution is 2.26. The Morgan fingerprint density at radius 3 is 2.70 bits per heavy atom. The van der Waals surface area contributed by atoms with E-state index >= 15 is 0 Å². The third-order valence-electron chi connectivity index (χ3n) is 4.62. The summed E-state index contributed by atoms with van der Waals surface area (Å²) in [5.41, 5.74) is 1.24. The summed E-state index contributed by atoms with van der Waals surface area (Å²) in [7, 11) is 3.86. The minimum Gasteiger partial charge on any atom is -0.496 e. The van der Waals surface area contributed by atoms with Crippen LogP contribution in [0.25, 0.3) is 0 Å². The normalized spacial score (nSPS) is 24.6. The fraction of sp³-hybridized carbons (Fsp3) is 0.647. The van der Waals surface area contributed by atoms with Crippen molar-refractivity contribution in [2.45, 2.75) is 57.2 Å². The van der Waals surface area contributed by atoms with Gasteiger partial charge in [0.15, 0.2) is 0 Å². The number of para-hydroxylation sites is 1. The standard InChI is InChI=1S/C17H27NO2/c1-13(12-14-8-4-7-11-17(14)20-3)18(2)15-9-5-6-10-16(15)19/h4,7-8,11,13,15-16,19H,5-6,9-10,12H2,1-3H3/t13?,15-,16-/m1/s1. The van der Waals surface area contributed by atoms with E-state index in [1.807, 2.05) is 12.1 Å². The van der Waals surface area contributed by atoms with Crippen LogP contribution in [0.3, 0.4) is 0 Å². The second kappa shape index (κ2) is 7.09. The van der Waals surface area contributed by atoms with E-state index in [-0.39, 0.29) is 6.10 Å². The number of rotatable bonds is 5. The van der Waals surface area contributed by atoms with Crippen molar-refractivity contribution < 1.29 is 9.84 Å². The summed E-state index contributed by atoms with van der Waals surface area (Å²) in [6.45, 7) is 2.23. The Bertz CT molecular complexity index is 421. The summed E-state index contributed by atoms with van der Waals surface area (Å²) >= 11 is 0. The summed E-state index contributed by atoms with van der Waals surface area (Å²) in [4.78, 5) is 2.34. The molecule has 0 spiro atoms. The largest absolute Gasteiger partial charge is 0.496 e. The van der Waals surface area contributed by atoms with Gasteiger partial charge in [0.1, 0.15) is 5.75 Å². The van der Waals surface area contributed by atoms with Crippen LogP contribution in [0.4, 0.5) is 0 Å². The number of methoxy groups -OCH3 is 1. The van der Waals surface area contributed by atoms with E-state index in [4.69, 9.17) is 4.74 Å². The molecule has 1 aliphatic carbocycles. The number of aliphatic hydroxyl groups is 1. The van der Waals surface area contributed by atoms with Crippen molar-refractivity contribution in [2.24, 2.45) is 0 Å². The number of aliphatic hydroxyl groups excluding tert-OH is 1. The summed E-state index contributed by atoms with van der Waals surface area (Å²) in [6.07, 6.45) is 5.21. The monoisotopic (exact) mass is 277 g/mol. The van der Waals surface area contributed by atoms with Gasteiger partial charge in [-0.15, -0.1) is 0 Å². The second-order valence-corrected chi connectivity index (χ2v) is 5.95. The van der Waals surface area contributed by atoms with Crippen LogP contribution in [0.15, 0.2) is 24.3 Å². The maximum atomic E-state index is 10.2. The molecule has 1 fully saturated rings. The molecule has 1 aromatic rings. The highest BCUT2D eigenvalue weighted by atomic mass is 16.5. The van der Waals surface area contributed by atoms with Gasteiger partial charge in [-0.1, -0.05) is 31.0 Å². The molecule has 3 heteroatoms. The van der Waals surface area contributed by atoms with Gasteiger partial charge >= 0.3 is 0 Å². The second-order valence-electron chi connectivity index (χ2n) is 5.95. The third-order valence-corrected chi connectivity index (χ3v) is 4.62. The fourth-order valence-corrected chi connectivity index (χ4v) is 3.23. The lowest BCUT2D eigenvalue weighted by Crippen LogP contribution is -2.47. The molecule has 1 unspecified atom stereocenters. The summed E-state index contributed by atoms with van der Waals surface area (Å²) in [6, 6.07) is 8.89. The number of hydrogen-bond donors (Lipinski definition) is 1. The van der Waals surface area contributed by atoms with Crippen molar-refractivity contribution in [2.75, 3.05) is 14.2 Å². The Balaban J connectivity index is 2.01. The topological polar surface area (TPSA) is 32.7 Å². The molecule has 0 aliphatic heterocycles. The van der Waals surface area contributed by atoms with Crippen LogP contribution in [0, 0.1) is 0 Å². The lowest BCUT2D eigenvalue weighted by atomic mass is 9.90. The molecule has 3 nitrogen and oxygen atoms in total. The summed E-state index contributed by atoms with van der Waals surface area (Å²) in [5, 5.41) is 10.2. The molecule has 0 amide bonds. The average Bonchev–Trinajstić information content (AvgIpc) is 2.47. The van der Waals surface area contributed by atoms with E-state index < -0.39 is 0 Å². The molecule has 20 heavy (non-hydrogen) atoms. The predicted molar refractivity (Wildman–Crippen MR) is 82.2 cm³/mol. The first-order valence-electron chi connectivity index (χ1n) is 7.65. The van der Waals surface area contributed by atoms with Gasteiger partial charge in [-0.05, 0) is 44.9 Å². The maximum Gasteiger partial charge on any atom is 0.122 e. The van der Waals surface area contributed by atoms with Crippen LogP contribution in [-0.4, -0.2) is 42.4 Å². The van der Waals surface area contributed by atoms with Gasteiger partial charge in [0.2, 0.25) is 0 Å². The average molecular weight is 277 g/mol. The van der Waals surface area contributed by atoms with E-state index in [0.717, 1.165) is 31.4 Å². The molecule has 1 saturated carbocycles. The SMILES string of the molecule is COc1ccccc1CC(C)N(C)[C@@H]1CCCC[C@H]1O. The zero-order chi connectivity index (χ0) is 14.5. The highest BCUT2D eigenvalue weighted by Gasteiger charge is 2.29. The van der Waals surface area contributed by atoms with Gasteiger partial charge in [0, 0.05) is 12.1 Å². The molecular formula is C17H27NO2. The Morgan fingerprint density at radius 2 is 2.00 bits per heavy atom. The van der Waals surface area contributed by atoms with Crippen molar-refractivity contribution in [3.63, 3.8) is 0 Å². The van der Waals surface area contributed by atoms with Crippen LogP contribution < -0.4 is 4.74 Å². The maximum absolute atomic E-state index is 10.2. The fourth-order valence-electron chi connectivity index (χ4n) is 3.23. The van der Waals surface area contributed by atoms with Gasteiger partial charge in [0.05, 0.1) is 13.2 Å². The van der Waals surface area contributed by atoms with Crippen molar-refractivity contribution in [3.05, 3.63) is 29.8 Å². The minimum atomic E-state index is -0.172. The predicted octanol–water partition coefficient (Wildman–Crippen LogP) is 2.86. The van der Waals surface area contributed by atoms with Crippen molar-refractivity contribution in [1.82, 2.24) is 4.90 Å². The number of ether oxygens (including phenoxy) is 1. The third kappa shape index (κ3) is 3.53. The van der Waals surface area contributed by atoms with E-state index in [9.17, 15) is 5.11 Å². The quantitative estimate of drug-likeness (QED) is 0.898. The molecule has 1 N–H and O–H groups in total. The Kier molecular flexibility index (Phi) is 5.44.